The number of benzene rings is 3. The first-order chi connectivity index (χ1) is 18.1. The number of hydrogen-bond donors (Lipinski definition) is 3. The Balaban J connectivity index is 1.66. The minimum atomic E-state index is -3.49. The van der Waals surface area contributed by atoms with Gasteiger partial charge in [-0.1, -0.05) is 36.4 Å². The van der Waals surface area contributed by atoms with Crippen molar-refractivity contribution in [3.05, 3.63) is 89.5 Å². The average molecular weight is 535 g/mol. The van der Waals surface area contributed by atoms with E-state index in [4.69, 9.17) is 4.74 Å². The number of likely N-dealkylation sites (N-methyl/N-ethyl adjacent to an activating group) is 1. The number of methoxy groups -OCH3 is 1. The Morgan fingerprint density at radius 2 is 1.66 bits per heavy atom. The zero-order valence-electron chi connectivity index (χ0n) is 20.9. The van der Waals surface area contributed by atoms with Gasteiger partial charge in [-0.2, -0.15) is 0 Å². The summed E-state index contributed by atoms with van der Waals surface area (Å²) in [7, 11) is -0.648. The standard InChI is InChI=1S/C27H26N4O6S/c1-31(23(32)16-28-38(3,35)36)20-12-10-19(11-13-20)29-25(17-7-5-4-6-8-17)24-21-14-9-18(27(34)37-2)15-22(21)30-26(24)33/h4-15,28-29H,16H2,1-3H3,(H,30,33). The van der Waals surface area contributed by atoms with E-state index in [1.165, 1.54) is 12.0 Å². The highest BCUT2D eigenvalue weighted by Gasteiger charge is 2.29. The Labute approximate surface area is 220 Å². The summed E-state index contributed by atoms with van der Waals surface area (Å²) >= 11 is 0. The van der Waals surface area contributed by atoms with Crippen LogP contribution in [0.2, 0.25) is 0 Å². The van der Waals surface area contributed by atoms with Crippen LogP contribution in [0.3, 0.4) is 0 Å². The van der Waals surface area contributed by atoms with Crippen molar-refractivity contribution in [3.8, 4) is 0 Å². The fourth-order valence-electron chi connectivity index (χ4n) is 3.92. The van der Waals surface area contributed by atoms with E-state index in [-0.39, 0.29) is 12.5 Å². The Morgan fingerprint density at radius 3 is 2.29 bits per heavy atom. The largest absolute Gasteiger partial charge is 0.465 e. The number of amides is 2. The van der Waals surface area contributed by atoms with Crippen molar-refractivity contribution in [2.24, 2.45) is 0 Å². The predicted molar refractivity (Wildman–Crippen MR) is 146 cm³/mol. The molecule has 0 spiro atoms. The van der Waals surface area contributed by atoms with E-state index in [9.17, 15) is 22.8 Å². The van der Waals surface area contributed by atoms with Gasteiger partial charge in [0.05, 0.1) is 42.4 Å². The third kappa shape index (κ3) is 5.90. The fraction of sp³-hybridized carbons (Fsp3) is 0.148. The van der Waals surface area contributed by atoms with Gasteiger partial charge < -0.3 is 20.3 Å². The van der Waals surface area contributed by atoms with Crippen molar-refractivity contribution in [1.82, 2.24) is 4.72 Å². The lowest BCUT2D eigenvalue weighted by atomic mass is 9.99. The van der Waals surface area contributed by atoms with Gasteiger partial charge in [0.1, 0.15) is 0 Å². The maximum Gasteiger partial charge on any atom is 0.337 e. The Morgan fingerprint density at radius 1 is 0.974 bits per heavy atom. The first kappa shape index (κ1) is 26.6. The van der Waals surface area contributed by atoms with Crippen LogP contribution < -0.4 is 20.3 Å². The summed E-state index contributed by atoms with van der Waals surface area (Å²) in [6, 6.07) is 21.1. The van der Waals surface area contributed by atoms with E-state index < -0.39 is 21.9 Å². The van der Waals surface area contributed by atoms with Crippen LogP contribution >= 0.6 is 0 Å². The normalized spacial score (nSPS) is 13.8. The second-order valence-corrected chi connectivity index (χ2v) is 10.4. The maximum atomic E-state index is 13.1. The number of rotatable bonds is 8. The maximum absolute atomic E-state index is 13.1. The van der Waals surface area contributed by atoms with Crippen LogP contribution in [0.5, 0.6) is 0 Å². The van der Waals surface area contributed by atoms with Crippen LogP contribution in [0, 0.1) is 0 Å². The fourth-order valence-corrected chi connectivity index (χ4v) is 4.30. The molecule has 4 rings (SSSR count). The topological polar surface area (TPSA) is 134 Å². The molecule has 0 bridgehead atoms. The molecule has 38 heavy (non-hydrogen) atoms. The van der Waals surface area contributed by atoms with Crippen molar-refractivity contribution >= 4 is 56.1 Å². The van der Waals surface area contributed by atoms with Crippen molar-refractivity contribution in [3.63, 3.8) is 0 Å². The molecular weight excluding hydrogens is 508 g/mol. The number of esters is 1. The molecular formula is C27H26N4O6S. The predicted octanol–water partition coefficient (Wildman–Crippen LogP) is 2.92. The highest BCUT2D eigenvalue weighted by atomic mass is 32.2. The van der Waals surface area contributed by atoms with Crippen molar-refractivity contribution < 1.29 is 27.5 Å². The highest BCUT2D eigenvalue weighted by molar-refractivity contribution is 7.88. The lowest BCUT2D eigenvalue weighted by Crippen LogP contribution is -2.37. The Bertz CT molecular complexity index is 1530. The first-order valence-corrected chi connectivity index (χ1v) is 13.4. The van der Waals surface area contributed by atoms with Crippen LogP contribution in [0.4, 0.5) is 17.1 Å². The van der Waals surface area contributed by atoms with Crippen LogP contribution in [0.15, 0.2) is 72.8 Å². The molecule has 2 amide bonds. The number of nitrogens with one attached hydrogen (secondary N) is 3. The van der Waals surface area contributed by atoms with E-state index in [1.807, 2.05) is 30.3 Å². The molecule has 3 aromatic carbocycles. The molecule has 0 saturated carbocycles. The lowest BCUT2D eigenvalue weighted by molar-refractivity contribution is -0.117. The molecule has 1 aliphatic rings. The van der Waals surface area contributed by atoms with Gasteiger partial charge in [-0.3, -0.25) is 9.59 Å². The highest BCUT2D eigenvalue weighted by Crippen LogP contribution is 2.38. The van der Waals surface area contributed by atoms with Gasteiger partial charge in [0.15, 0.2) is 0 Å². The monoisotopic (exact) mass is 534 g/mol. The van der Waals surface area contributed by atoms with Crippen LogP contribution in [-0.4, -0.2) is 53.2 Å². The second-order valence-electron chi connectivity index (χ2n) is 8.54. The zero-order valence-corrected chi connectivity index (χ0v) is 21.8. The van der Waals surface area contributed by atoms with E-state index in [2.05, 4.69) is 15.4 Å². The minimum absolute atomic E-state index is 0.322. The molecule has 196 valence electrons. The molecule has 3 N–H and O–H groups in total. The summed E-state index contributed by atoms with van der Waals surface area (Å²) in [5, 5.41) is 6.15. The third-order valence-electron chi connectivity index (χ3n) is 5.88. The summed E-state index contributed by atoms with van der Waals surface area (Å²) in [6.45, 7) is -0.355. The molecule has 11 heteroatoms. The van der Waals surface area contributed by atoms with Gasteiger partial charge in [0.2, 0.25) is 15.9 Å². The van der Waals surface area contributed by atoms with E-state index >= 15 is 0 Å². The number of fused-ring (bicyclic) bond motifs is 1. The summed E-state index contributed by atoms with van der Waals surface area (Å²) in [5.41, 5.74) is 4.41. The number of anilines is 3. The van der Waals surface area contributed by atoms with Gasteiger partial charge in [-0.15, -0.1) is 0 Å². The number of carbonyl (C=O) groups excluding carboxylic acids is 3. The molecule has 1 aliphatic heterocycles. The van der Waals surface area contributed by atoms with Crippen LogP contribution in [0.25, 0.3) is 11.3 Å². The summed E-state index contributed by atoms with van der Waals surface area (Å²) < 4.78 is 29.5. The number of sulfonamides is 1. The van der Waals surface area contributed by atoms with Gasteiger partial charge >= 0.3 is 5.97 Å². The Hall–Kier alpha value is -4.48. The van der Waals surface area contributed by atoms with E-state index in [0.29, 0.717) is 39.5 Å². The summed E-state index contributed by atoms with van der Waals surface area (Å²) in [6.07, 6.45) is 0.987. The SMILES string of the molecule is COC(=O)c1ccc2c(c1)NC(=O)C2=C(Nc1ccc(N(C)C(=O)CNS(C)(=O)=O)cc1)c1ccccc1. The molecule has 0 atom stereocenters. The van der Waals surface area contributed by atoms with Gasteiger partial charge in [-0.05, 0) is 42.0 Å². The van der Waals surface area contributed by atoms with Gasteiger partial charge in [-0.25, -0.2) is 17.9 Å². The smallest absolute Gasteiger partial charge is 0.337 e. The number of carbonyl (C=O) groups is 3. The molecule has 0 aliphatic carbocycles. The van der Waals surface area contributed by atoms with Crippen LogP contribution in [-0.2, 0) is 24.3 Å². The van der Waals surface area contributed by atoms with Crippen molar-refractivity contribution in [1.29, 1.82) is 0 Å². The molecule has 3 aromatic rings. The number of nitrogens with zero attached hydrogens (tertiary/aromatic N) is 1. The van der Waals surface area contributed by atoms with Gasteiger partial charge in [0, 0.05) is 24.0 Å². The summed E-state index contributed by atoms with van der Waals surface area (Å²) in [5.74, 6) is -1.25. The molecule has 10 nitrogen and oxygen atoms in total. The van der Waals surface area contributed by atoms with Gasteiger partial charge in [0.25, 0.3) is 5.91 Å². The molecule has 0 fully saturated rings. The quantitative estimate of drug-likeness (QED) is 0.299. The second kappa shape index (κ2) is 10.9. The zero-order chi connectivity index (χ0) is 27.4. The average Bonchev–Trinajstić information content (AvgIpc) is 3.24. The minimum Gasteiger partial charge on any atom is -0.465 e. The molecule has 1 heterocycles. The van der Waals surface area contributed by atoms with E-state index in [0.717, 1.165) is 11.8 Å². The molecule has 0 radical (unpaired) electrons. The Kier molecular flexibility index (Phi) is 7.60. The van der Waals surface area contributed by atoms with Crippen molar-refractivity contribution in [2.45, 2.75) is 0 Å². The lowest BCUT2D eigenvalue weighted by Gasteiger charge is -2.19. The number of hydrogen-bond acceptors (Lipinski definition) is 7. The summed E-state index contributed by atoms with van der Waals surface area (Å²) in [4.78, 5) is 38.8. The van der Waals surface area contributed by atoms with E-state index in [1.54, 1.807) is 49.5 Å². The third-order valence-corrected chi connectivity index (χ3v) is 6.55. The van der Waals surface area contributed by atoms with Crippen molar-refractivity contribution in [2.75, 3.05) is 42.5 Å². The molecule has 0 saturated heterocycles. The first-order valence-electron chi connectivity index (χ1n) is 11.5. The number of ether oxygens (including phenoxy) is 1. The molecule has 0 aromatic heterocycles. The molecule has 0 unspecified atom stereocenters. The van der Waals surface area contributed by atoms with Crippen LogP contribution in [0.1, 0.15) is 21.5 Å².